The summed E-state index contributed by atoms with van der Waals surface area (Å²) in [5.41, 5.74) is 2.75. The number of aromatic nitrogens is 1. The third-order valence-electron chi connectivity index (χ3n) is 6.36. The van der Waals surface area contributed by atoms with Gasteiger partial charge in [0.05, 0.1) is 21.8 Å². The van der Waals surface area contributed by atoms with Crippen molar-refractivity contribution in [3.8, 4) is 17.2 Å². The summed E-state index contributed by atoms with van der Waals surface area (Å²) in [6, 6.07) is 20.6. The summed E-state index contributed by atoms with van der Waals surface area (Å²) in [4.78, 5) is 32.4. The molecule has 0 saturated heterocycles. The van der Waals surface area contributed by atoms with Gasteiger partial charge in [0.1, 0.15) is 12.4 Å². The molecule has 8 nitrogen and oxygen atoms in total. The molecule has 1 unspecified atom stereocenters. The van der Waals surface area contributed by atoms with Crippen LogP contribution in [0, 0.1) is 0 Å². The lowest BCUT2D eigenvalue weighted by atomic mass is 9.95. The van der Waals surface area contributed by atoms with Crippen LogP contribution in [0.4, 0.5) is 0 Å². The summed E-state index contributed by atoms with van der Waals surface area (Å²) in [6.45, 7) is 1.95. The first-order valence-electron chi connectivity index (χ1n) is 11.9. The summed E-state index contributed by atoms with van der Waals surface area (Å²) >= 11 is 1.24. The zero-order valence-electron chi connectivity index (χ0n) is 20.3. The molecule has 0 aliphatic carbocycles. The molecule has 0 saturated carbocycles. The number of ether oxygens (including phenoxy) is 3. The highest BCUT2D eigenvalue weighted by atomic mass is 32.1. The van der Waals surface area contributed by atoms with Crippen LogP contribution < -0.4 is 24.4 Å². The van der Waals surface area contributed by atoms with Crippen LogP contribution in [0.5, 0.6) is 17.2 Å². The average molecular weight is 527 g/mol. The second-order valence-corrected chi connectivity index (χ2v) is 9.86. The van der Waals surface area contributed by atoms with Gasteiger partial charge in [-0.2, -0.15) is 0 Å². The first-order valence-corrected chi connectivity index (χ1v) is 12.7. The normalized spacial score (nSPS) is 16.2. The van der Waals surface area contributed by atoms with E-state index < -0.39 is 12.0 Å². The fourth-order valence-electron chi connectivity index (χ4n) is 4.50. The van der Waals surface area contributed by atoms with Crippen LogP contribution in [0.2, 0.25) is 0 Å². The van der Waals surface area contributed by atoms with Crippen molar-refractivity contribution in [2.45, 2.75) is 19.6 Å². The van der Waals surface area contributed by atoms with Gasteiger partial charge in [-0.25, -0.2) is 9.79 Å². The molecular weight excluding hydrogens is 504 g/mol. The molecule has 2 aliphatic rings. The maximum atomic E-state index is 13.8. The van der Waals surface area contributed by atoms with Gasteiger partial charge in [-0.1, -0.05) is 59.9 Å². The van der Waals surface area contributed by atoms with E-state index in [0.717, 1.165) is 11.1 Å². The number of esters is 1. The number of hydrogen-bond acceptors (Lipinski definition) is 8. The van der Waals surface area contributed by atoms with Crippen molar-refractivity contribution in [1.29, 1.82) is 0 Å². The highest BCUT2D eigenvalue weighted by molar-refractivity contribution is 7.07. The van der Waals surface area contributed by atoms with Crippen molar-refractivity contribution < 1.29 is 24.1 Å². The minimum absolute atomic E-state index is 0.0928. The highest BCUT2D eigenvalue weighted by Gasteiger charge is 2.34. The Kier molecular flexibility index (Phi) is 6.05. The summed E-state index contributed by atoms with van der Waals surface area (Å²) in [7, 11) is 0. The Bertz CT molecular complexity index is 1750. The molecule has 3 heterocycles. The van der Waals surface area contributed by atoms with Gasteiger partial charge in [0.15, 0.2) is 16.3 Å². The number of fused-ring (bicyclic) bond motifs is 2. The van der Waals surface area contributed by atoms with Crippen LogP contribution in [-0.4, -0.2) is 22.4 Å². The van der Waals surface area contributed by atoms with Gasteiger partial charge in [-0.05, 0) is 54.0 Å². The van der Waals surface area contributed by atoms with E-state index >= 15 is 0 Å². The van der Waals surface area contributed by atoms with Crippen molar-refractivity contribution in [2.75, 3.05) is 6.79 Å². The van der Waals surface area contributed by atoms with Crippen molar-refractivity contribution >= 4 is 23.4 Å². The number of phenols is 1. The molecule has 3 aromatic carbocycles. The Labute approximate surface area is 221 Å². The Balaban J connectivity index is 1.47. The van der Waals surface area contributed by atoms with Gasteiger partial charge in [0, 0.05) is 0 Å². The summed E-state index contributed by atoms with van der Waals surface area (Å²) < 4.78 is 18.7. The molecule has 1 N–H and O–H groups in total. The van der Waals surface area contributed by atoms with E-state index in [2.05, 4.69) is 4.99 Å². The lowest BCUT2D eigenvalue weighted by Gasteiger charge is -2.25. The van der Waals surface area contributed by atoms with E-state index in [1.54, 1.807) is 49.4 Å². The molecule has 0 radical (unpaired) electrons. The first kappa shape index (κ1) is 23.7. The van der Waals surface area contributed by atoms with Crippen molar-refractivity contribution in [3.05, 3.63) is 120 Å². The zero-order chi connectivity index (χ0) is 26.2. The van der Waals surface area contributed by atoms with E-state index in [1.165, 1.54) is 15.9 Å². The number of allylic oxidation sites excluding steroid dienone is 1. The lowest BCUT2D eigenvalue weighted by Crippen LogP contribution is -2.39. The number of hydrogen-bond donors (Lipinski definition) is 1. The summed E-state index contributed by atoms with van der Waals surface area (Å²) in [5.74, 6) is 0.731. The number of carbonyl (C=O) groups is 1. The first-order chi connectivity index (χ1) is 18.5. The molecular formula is C29H22N2O6S. The Morgan fingerprint density at radius 3 is 2.66 bits per heavy atom. The SMILES string of the molecule is CC1=C(C(=O)OCc2ccccc2)C(c2ccc3c(c2)OCO3)n2c(s/c(=C\c3ccc(O)cc3)c2=O)=N1. The van der Waals surface area contributed by atoms with E-state index in [1.807, 2.05) is 36.4 Å². The van der Waals surface area contributed by atoms with Crippen LogP contribution >= 0.6 is 11.3 Å². The maximum Gasteiger partial charge on any atom is 0.338 e. The lowest BCUT2D eigenvalue weighted by molar-refractivity contribution is -0.140. The van der Waals surface area contributed by atoms with Crippen molar-refractivity contribution in [3.63, 3.8) is 0 Å². The van der Waals surface area contributed by atoms with E-state index in [-0.39, 0.29) is 30.3 Å². The second-order valence-electron chi connectivity index (χ2n) is 8.85. The summed E-state index contributed by atoms with van der Waals surface area (Å²) in [5, 5.41) is 9.60. The van der Waals surface area contributed by atoms with Gasteiger partial charge >= 0.3 is 5.97 Å². The van der Waals surface area contributed by atoms with Crippen molar-refractivity contribution in [1.82, 2.24) is 4.57 Å². The van der Waals surface area contributed by atoms with Gasteiger partial charge in [-0.15, -0.1) is 0 Å². The number of carbonyl (C=O) groups excluding carboxylic acids is 1. The Morgan fingerprint density at radius 2 is 1.87 bits per heavy atom. The zero-order valence-corrected chi connectivity index (χ0v) is 21.1. The highest BCUT2D eigenvalue weighted by Crippen LogP contribution is 2.38. The molecule has 6 rings (SSSR count). The van der Waals surface area contributed by atoms with E-state index in [4.69, 9.17) is 14.2 Å². The quantitative estimate of drug-likeness (QED) is 0.400. The fourth-order valence-corrected chi connectivity index (χ4v) is 5.55. The molecule has 190 valence electrons. The molecule has 0 amide bonds. The van der Waals surface area contributed by atoms with Crippen LogP contribution in [0.1, 0.15) is 29.7 Å². The van der Waals surface area contributed by atoms with Gasteiger partial charge in [0.25, 0.3) is 5.56 Å². The maximum absolute atomic E-state index is 13.8. The smallest absolute Gasteiger partial charge is 0.338 e. The van der Waals surface area contributed by atoms with E-state index in [9.17, 15) is 14.7 Å². The van der Waals surface area contributed by atoms with Crippen LogP contribution in [0.3, 0.4) is 0 Å². The number of benzene rings is 3. The fraction of sp³-hybridized carbons (Fsp3) is 0.138. The predicted molar refractivity (Wildman–Crippen MR) is 141 cm³/mol. The monoisotopic (exact) mass is 526 g/mol. The standard InChI is InChI=1S/C29H22N2O6S/c1-17-25(28(34)35-15-19-5-3-2-4-6-19)26(20-9-12-22-23(14-20)37-16-36-22)31-27(33)24(38-29(31)30-17)13-18-7-10-21(32)11-8-18/h2-14,26,32H,15-16H2,1H3/b24-13-. The largest absolute Gasteiger partial charge is 0.508 e. The third kappa shape index (κ3) is 4.37. The molecule has 38 heavy (non-hydrogen) atoms. The van der Waals surface area contributed by atoms with Crippen molar-refractivity contribution in [2.24, 2.45) is 4.99 Å². The minimum atomic E-state index is -0.772. The van der Waals surface area contributed by atoms with Crippen LogP contribution in [0.25, 0.3) is 6.08 Å². The second kappa shape index (κ2) is 9.68. The number of nitrogens with zero attached hydrogens (tertiary/aromatic N) is 2. The third-order valence-corrected chi connectivity index (χ3v) is 7.34. The van der Waals surface area contributed by atoms with Crippen LogP contribution in [0.15, 0.2) is 93.9 Å². The number of aromatic hydroxyl groups is 1. The molecule has 1 aromatic heterocycles. The molecule has 2 aliphatic heterocycles. The number of phenolic OH excluding ortho intramolecular Hbond substituents is 1. The van der Waals surface area contributed by atoms with E-state index in [0.29, 0.717) is 32.1 Å². The molecule has 0 spiro atoms. The van der Waals surface area contributed by atoms with Gasteiger partial charge in [-0.3, -0.25) is 9.36 Å². The average Bonchev–Trinajstić information content (AvgIpc) is 3.52. The number of thiazole rings is 1. The molecule has 0 bridgehead atoms. The Hall–Kier alpha value is -4.63. The molecule has 1 atom stereocenters. The van der Waals surface area contributed by atoms with Gasteiger partial charge < -0.3 is 19.3 Å². The topological polar surface area (TPSA) is 99.4 Å². The summed E-state index contributed by atoms with van der Waals surface area (Å²) in [6.07, 6.45) is 1.74. The molecule has 0 fully saturated rings. The predicted octanol–water partition coefficient (Wildman–Crippen LogP) is 3.41. The number of rotatable bonds is 5. The molecule has 9 heteroatoms. The van der Waals surface area contributed by atoms with Gasteiger partial charge in [0.2, 0.25) is 6.79 Å². The molecule has 4 aromatic rings. The minimum Gasteiger partial charge on any atom is -0.508 e. The van der Waals surface area contributed by atoms with Crippen LogP contribution in [-0.2, 0) is 16.1 Å². The Morgan fingerprint density at radius 1 is 1.11 bits per heavy atom.